The van der Waals surface area contributed by atoms with E-state index in [9.17, 15) is 0 Å². The van der Waals surface area contributed by atoms with E-state index in [1.807, 2.05) is 6.07 Å². The maximum absolute atomic E-state index is 5.86. The summed E-state index contributed by atoms with van der Waals surface area (Å²) < 4.78 is 0. The number of benzene rings is 1. The highest BCUT2D eigenvalue weighted by Crippen LogP contribution is 2.31. The number of hydrogen-bond acceptors (Lipinski definition) is 4. The number of rotatable bonds is 1. The molecule has 15 heavy (non-hydrogen) atoms. The fourth-order valence-corrected chi connectivity index (χ4v) is 1.46. The van der Waals surface area contributed by atoms with E-state index in [0.29, 0.717) is 17.1 Å². The van der Waals surface area contributed by atoms with Gasteiger partial charge in [-0.05, 0) is 24.3 Å². The van der Waals surface area contributed by atoms with E-state index in [-0.39, 0.29) is 0 Å². The Bertz CT molecular complexity index is 494. The smallest absolute Gasteiger partial charge is 0.0581 e. The van der Waals surface area contributed by atoms with Gasteiger partial charge in [-0.25, -0.2) is 0 Å². The Morgan fingerprint density at radius 2 is 1.67 bits per heavy atom. The molecule has 0 bridgehead atoms. The molecule has 0 radical (unpaired) electrons. The number of nitrogens with zero attached hydrogens (tertiary/aromatic N) is 1. The summed E-state index contributed by atoms with van der Waals surface area (Å²) >= 11 is 0. The number of nitrogen functional groups attached to an aromatic ring is 3. The predicted octanol–water partition coefficient (Wildman–Crippen LogP) is 1.50. The lowest BCUT2D eigenvalue weighted by atomic mass is 10.0. The maximum atomic E-state index is 5.86. The first-order valence-corrected chi connectivity index (χ1v) is 4.53. The molecule has 4 heteroatoms. The van der Waals surface area contributed by atoms with Crippen LogP contribution in [0, 0.1) is 0 Å². The minimum atomic E-state index is 0.592. The van der Waals surface area contributed by atoms with Crippen LogP contribution in [0.5, 0.6) is 0 Å². The Balaban J connectivity index is 2.64. The van der Waals surface area contributed by atoms with Gasteiger partial charge in [0.15, 0.2) is 0 Å². The van der Waals surface area contributed by atoms with Crippen LogP contribution in [0.25, 0.3) is 11.1 Å². The Morgan fingerprint density at radius 3 is 2.40 bits per heavy atom. The number of anilines is 3. The van der Waals surface area contributed by atoms with Crippen molar-refractivity contribution < 1.29 is 0 Å². The molecule has 4 nitrogen and oxygen atoms in total. The molecule has 1 heterocycles. The molecule has 0 aliphatic rings. The largest absolute Gasteiger partial charge is 0.399 e. The van der Waals surface area contributed by atoms with Gasteiger partial charge in [-0.1, -0.05) is 0 Å². The molecule has 0 atom stereocenters. The molecule has 0 spiro atoms. The molecule has 0 amide bonds. The van der Waals surface area contributed by atoms with E-state index in [1.165, 1.54) is 0 Å². The average Bonchev–Trinajstić information content (AvgIpc) is 2.23. The molecular weight excluding hydrogens is 188 g/mol. The summed E-state index contributed by atoms with van der Waals surface area (Å²) in [5.41, 5.74) is 21.0. The summed E-state index contributed by atoms with van der Waals surface area (Å²) in [6.07, 6.45) is 3.27. The van der Waals surface area contributed by atoms with E-state index in [2.05, 4.69) is 4.98 Å². The first-order valence-electron chi connectivity index (χ1n) is 4.53. The molecule has 0 aliphatic heterocycles. The summed E-state index contributed by atoms with van der Waals surface area (Å²) in [7, 11) is 0. The highest BCUT2D eigenvalue weighted by Gasteiger charge is 2.06. The van der Waals surface area contributed by atoms with Crippen LogP contribution in [0.4, 0.5) is 17.1 Å². The van der Waals surface area contributed by atoms with Crippen LogP contribution in [0.2, 0.25) is 0 Å². The lowest BCUT2D eigenvalue weighted by molar-refractivity contribution is 1.33. The second kappa shape index (κ2) is 3.49. The number of aromatic nitrogens is 1. The third-order valence-corrected chi connectivity index (χ3v) is 2.22. The summed E-state index contributed by atoms with van der Waals surface area (Å²) in [4.78, 5) is 3.93. The van der Waals surface area contributed by atoms with Crippen molar-refractivity contribution in [1.82, 2.24) is 4.98 Å². The van der Waals surface area contributed by atoms with Gasteiger partial charge >= 0.3 is 0 Å². The Kier molecular flexibility index (Phi) is 2.17. The number of hydrogen-bond donors (Lipinski definition) is 3. The summed E-state index contributed by atoms with van der Waals surface area (Å²) in [6, 6.07) is 7.16. The zero-order valence-corrected chi connectivity index (χ0v) is 8.14. The van der Waals surface area contributed by atoms with Crippen LogP contribution >= 0.6 is 0 Å². The highest BCUT2D eigenvalue weighted by atomic mass is 14.7. The lowest BCUT2D eigenvalue weighted by Crippen LogP contribution is -1.96. The zero-order chi connectivity index (χ0) is 10.8. The van der Waals surface area contributed by atoms with Crippen molar-refractivity contribution >= 4 is 17.1 Å². The topological polar surface area (TPSA) is 91.0 Å². The summed E-state index contributed by atoms with van der Waals surface area (Å²) in [5, 5.41) is 0. The Morgan fingerprint density at radius 1 is 0.867 bits per heavy atom. The zero-order valence-electron chi connectivity index (χ0n) is 8.14. The first kappa shape index (κ1) is 9.33. The van der Waals surface area contributed by atoms with Crippen molar-refractivity contribution in [2.45, 2.75) is 0 Å². The third-order valence-electron chi connectivity index (χ3n) is 2.22. The van der Waals surface area contributed by atoms with Crippen LogP contribution in [0.15, 0.2) is 36.7 Å². The number of nitrogens with two attached hydrogens (primary N) is 3. The molecule has 0 unspecified atom stereocenters. The van der Waals surface area contributed by atoms with E-state index in [4.69, 9.17) is 17.2 Å². The quantitative estimate of drug-likeness (QED) is 0.608. The van der Waals surface area contributed by atoms with Crippen molar-refractivity contribution in [3.8, 4) is 11.1 Å². The molecule has 0 aliphatic carbocycles. The van der Waals surface area contributed by atoms with Gasteiger partial charge in [0.05, 0.1) is 11.9 Å². The van der Waals surface area contributed by atoms with Crippen LogP contribution in [-0.4, -0.2) is 4.98 Å². The van der Waals surface area contributed by atoms with Gasteiger partial charge in [-0.15, -0.1) is 0 Å². The fraction of sp³-hybridized carbons (Fsp3) is 0. The molecule has 1 aromatic carbocycles. The van der Waals surface area contributed by atoms with Gasteiger partial charge in [-0.3, -0.25) is 4.98 Å². The van der Waals surface area contributed by atoms with Crippen LogP contribution in [-0.2, 0) is 0 Å². The maximum Gasteiger partial charge on any atom is 0.0581 e. The standard InChI is InChI=1S/C11H12N4/c12-7-1-2-10(13)9(5-7)8-3-4-15-6-11(8)14/h1-6H,12-14H2. The molecule has 6 N–H and O–H groups in total. The molecule has 76 valence electrons. The SMILES string of the molecule is Nc1ccc(N)c(-c2ccncc2N)c1. The van der Waals surface area contributed by atoms with Gasteiger partial charge in [0, 0.05) is 28.7 Å². The second-order valence-electron chi connectivity index (χ2n) is 3.31. The second-order valence-corrected chi connectivity index (χ2v) is 3.31. The van der Waals surface area contributed by atoms with Crippen molar-refractivity contribution in [2.24, 2.45) is 0 Å². The van der Waals surface area contributed by atoms with Gasteiger partial charge < -0.3 is 17.2 Å². The monoisotopic (exact) mass is 200 g/mol. The molecule has 2 rings (SSSR count). The van der Waals surface area contributed by atoms with Crippen molar-refractivity contribution in [1.29, 1.82) is 0 Å². The van der Waals surface area contributed by atoms with Crippen molar-refractivity contribution in [2.75, 3.05) is 17.2 Å². The van der Waals surface area contributed by atoms with E-state index in [1.54, 1.807) is 30.6 Å². The highest BCUT2D eigenvalue weighted by molar-refractivity contribution is 5.85. The lowest BCUT2D eigenvalue weighted by Gasteiger charge is -2.08. The van der Waals surface area contributed by atoms with E-state index < -0.39 is 0 Å². The number of pyridine rings is 1. The third kappa shape index (κ3) is 1.69. The van der Waals surface area contributed by atoms with Crippen LogP contribution < -0.4 is 17.2 Å². The molecular formula is C11H12N4. The molecule has 1 aromatic heterocycles. The Labute approximate surface area is 87.7 Å². The van der Waals surface area contributed by atoms with Crippen LogP contribution in [0.1, 0.15) is 0 Å². The van der Waals surface area contributed by atoms with Gasteiger partial charge in [-0.2, -0.15) is 0 Å². The predicted molar refractivity (Wildman–Crippen MR) is 62.9 cm³/mol. The van der Waals surface area contributed by atoms with Crippen LogP contribution in [0.3, 0.4) is 0 Å². The Hall–Kier alpha value is -2.23. The van der Waals surface area contributed by atoms with Crippen molar-refractivity contribution in [3.05, 3.63) is 36.7 Å². The molecule has 0 saturated carbocycles. The minimum absolute atomic E-state index is 0.592. The summed E-state index contributed by atoms with van der Waals surface area (Å²) in [5.74, 6) is 0. The fourth-order valence-electron chi connectivity index (χ4n) is 1.46. The van der Waals surface area contributed by atoms with Gasteiger partial charge in [0.2, 0.25) is 0 Å². The first-order chi connectivity index (χ1) is 7.18. The average molecular weight is 200 g/mol. The van der Waals surface area contributed by atoms with Gasteiger partial charge in [0.1, 0.15) is 0 Å². The minimum Gasteiger partial charge on any atom is -0.399 e. The van der Waals surface area contributed by atoms with E-state index in [0.717, 1.165) is 11.1 Å². The van der Waals surface area contributed by atoms with Gasteiger partial charge in [0.25, 0.3) is 0 Å². The molecule has 2 aromatic rings. The summed E-state index contributed by atoms with van der Waals surface area (Å²) in [6.45, 7) is 0. The van der Waals surface area contributed by atoms with E-state index >= 15 is 0 Å². The molecule has 0 saturated heterocycles. The normalized spacial score (nSPS) is 10.1. The van der Waals surface area contributed by atoms with Crippen molar-refractivity contribution in [3.63, 3.8) is 0 Å². The molecule has 0 fully saturated rings.